The molecular weight excluding hydrogens is 446 g/mol. The zero-order valence-electron chi connectivity index (χ0n) is 20.7. The summed E-state index contributed by atoms with van der Waals surface area (Å²) >= 11 is 0. The topological polar surface area (TPSA) is 84.5 Å². The van der Waals surface area contributed by atoms with E-state index in [2.05, 4.69) is 57.5 Å². The summed E-state index contributed by atoms with van der Waals surface area (Å²) in [5.41, 5.74) is 9.49. The lowest BCUT2D eigenvalue weighted by Gasteiger charge is -2.26. The number of carbonyl (C=O) groups is 1. The minimum atomic E-state index is -0.0324. The quantitative estimate of drug-likeness (QED) is 0.331. The number of pyridine rings is 1. The molecule has 2 aliphatic carbocycles. The Hall–Kier alpha value is -3.38. The van der Waals surface area contributed by atoms with Crippen molar-refractivity contribution in [3.8, 4) is 11.3 Å². The molecule has 0 saturated heterocycles. The number of hydrogen-bond donors (Lipinski definition) is 3. The Morgan fingerprint density at radius 2 is 1.64 bits per heavy atom. The fourth-order valence-corrected chi connectivity index (χ4v) is 5.83. The van der Waals surface area contributed by atoms with Crippen LogP contribution in [0, 0.1) is 0 Å². The van der Waals surface area contributed by atoms with Crippen molar-refractivity contribution in [3.05, 3.63) is 66.4 Å². The second-order valence-corrected chi connectivity index (χ2v) is 10.6. The fourth-order valence-electron chi connectivity index (χ4n) is 5.83. The number of imidazole rings is 1. The molecule has 2 aromatic heterocycles. The normalized spacial score (nSPS) is 21.0. The van der Waals surface area contributed by atoms with Crippen molar-refractivity contribution in [3.63, 3.8) is 0 Å². The largest absolute Gasteiger partial charge is 0.367 e. The van der Waals surface area contributed by atoms with E-state index in [4.69, 9.17) is 10.7 Å². The van der Waals surface area contributed by atoms with Crippen molar-refractivity contribution >= 4 is 28.1 Å². The first-order valence-corrected chi connectivity index (χ1v) is 13.5. The number of amides is 1. The van der Waals surface area contributed by atoms with Crippen molar-refractivity contribution in [1.82, 2.24) is 14.7 Å². The Bertz CT molecular complexity index is 1380. The molecule has 186 valence electrons. The van der Waals surface area contributed by atoms with E-state index in [1.807, 2.05) is 18.3 Å². The molecule has 0 bridgehead atoms. The monoisotopic (exact) mass is 481 g/mol. The highest BCUT2D eigenvalue weighted by Gasteiger charge is 2.23. The molecule has 1 amide bonds. The molecule has 2 aromatic carbocycles. The number of hydrogen-bond acceptors (Lipinski definition) is 4. The Labute approximate surface area is 212 Å². The van der Waals surface area contributed by atoms with Crippen molar-refractivity contribution in [2.45, 2.75) is 75.9 Å². The smallest absolute Gasteiger partial charge is 0.251 e. The molecule has 0 unspecified atom stereocenters. The average molecular weight is 482 g/mol. The van der Waals surface area contributed by atoms with E-state index in [-0.39, 0.29) is 18.0 Å². The summed E-state index contributed by atoms with van der Waals surface area (Å²) in [6.45, 7) is 0. The molecule has 0 spiro atoms. The molecule has 2 heterocycles. The van der Waals surface area contributed by atoms with Crippen molar-refractivity contribution < 1.29 is 4.79 Å². The number of nitrogens with two attached hydrogens (primary N) is 1. The molecular formula is C30H35N5O. The first kappa shape index (κ1) is 23.0. The van der Waals surface area contributed by atoms with E-state index in [1.165, 1.54) is 42.9 Å². The van der Waals surface area contributed by atoms with Crippen LogP contribution in [0.15, 0.2) is 60.8 Å². The molecule has 6 nitrogen and oxygen atoms in total. The Morgan fingerprint density at radius 3 is 2.44 bits per heavy atom. The minimum Gasteiger partial charge on any atom is -0.367 e. The Balaban J connectivity index is 1.35. The third-order valence-corrected chi connectivity index (χ3v) is 7.96. The lowest BCUT2D eigenvalue weighted by molar-refractivity contribution is 0.0926. The third-order valence-electron chi connectivity index (χ3n) is 7.96. The highest BCUT2D eigenvalue weighted by atomic mass is 16.1. The number of carbonyl (C=O) groups excluding carboxylic acids is 1. The van der Waals surface area contributed by atoms with Crippen LogP contribution in [0.1, 0.15) is 68.1 Å². The van der Waals surface area contributed by atoms with E-state index in [0.717, 1.165) is 48.4 Å². The minimum absolute atomic E-state index is 0.0324. The number of nitrogens with one attached hydrogen (secondary N) is 2. The maximum Gasteiger partial charge on any atom is 0.251 e. The maximum atomic E-state index is 13.1. The van der Waals surface area contributed by atoms with Gasteiger partial charge in [-0.2, -0.15) is 0 Å². The zero-order chi connectivity index (χ0) is 24.5. The van der Waals surface area contributed by atoms with Gasteiger partial charge in [-0.15, -0.1) is 0 Å². The summed E-state index contributed by atoms with van der Waals surface area (Å²) < 4.78 is 2.11. The molecule has 0 aliphatic heterocycles. The number of nitrogens with zero attached hydrogens (tertiary/aromatic N) is 2. The zero-order valence-corrected chi connectivity index (χ0v) is 20.7. The highest BCUT2D eigenvalue weighted by molar-refractivity contribution is 5.96. The van der Waals surface area contributed by atoms with E-state index >= 15 is 0 Å². The van der Waals surface area contributed by atoms with Crippen LogP contribution >= 0.6 is 0 Å². The van der Waals surface area contributed by atoms with Crippen molar-refractivity contribution in [1.29, 1.82) is 0 Å². The van der Waals surface area contributed by atoms with Gasteiger partial charge < -0.3 is 16.4 Å². The maximum absolute atomic E-state index is 13.1. The second kappa shape index (κ2) is 9.94. The molecule has 2 aliphatic rings. The number of rotatable bonds is 5. The summed E-state index contributed by atoms with van der Waals surface area (Å²) in [4.78, 5) is 18.1. The second-order valence-electron chi connectivity index (χ2n) is 10.6. The van der Waals surface area contributed by atoms with Crippen molar-refractivity contribution in [2.75, 3.05) is 5.32 Å². The van der Waals surface area contributed by atoms with Crippen LogP contribution in [0.25, 0.3) is 27.7 Å². The van der Waals surface area contributed by atoms with Gasteiger partial charge in [0.25, 0.3) is 5.91 Å². The summed E-state index contributed by atoms with van der Waals surface area (Å²) in [5, 5.41) is 9.45. The van der Waals surface area contributed by atoms with Crippen LogP contribution in [0.3, 0.4) is 0 Å². The number of anilines is 1. The van der Waals surface area contributed by atoms with Crippen LogP contribution in [0.2, 0.25) is 0 Å². The lowest BCUT2D eigenvalue weighted by atomic mass is 9.91. The number of benzene rings is 2. The molecule has 6 rings (SSSR count). The van der Waals surface area contributed by atoms with Gasteiger partial charge >= 0.3 is 0 Å². The molecule has 0 atom stereocenters. The first-order chi connectivity index (χ1) is 17.6. The van der Waals surface area contributed by atoms with E-state index in [0.29, 0.717) is 11.6 Å². The summed E-state index contributed by atoms with van der Waals surface area (Å²) in [6, 6.07) is 19.7. The van der Waals surface area contributed by atoms with E-state index < -0.39 is 0 Å². The molecule has 2 fully saturated rings. The molecule has 0 radical (unpaired) electrons. The lowest BCUT2D eigenvalue weighted by Crippen LogP contribution is -2.40. The summed E-state index contributed by atoms with van der Waals surface area (Å²) in [5.74, 6) is 0.982. The first-order valence-electron chi connectivity index (χ1n) is 13.5. The number of aromatic nitrogens is 2. The van der Waals surface area contributed by atoms with Gasteiger partial charge in [-0.25, -0.2) is 4.98 Å². The van der Waals surface area contributed by atoms with Crippen LogP contribution in [0.4, 0.5) is 5.82 Å². The standard InChI is InChI=1S/C30H35N5O/c31-24-12-14-26(15-13-24)33-30(36)23-16-17-35-27(19-23)34-28(29(35)32-25-8-2-1-3-9-25)22-11-10-20-6-4-5-7-21(20)18-22/h4-7,10-11,16-19,24-26,32H,1-3,8-9,12-15,31H2,(H,33,36). The Morgan fingerprint density at radius 1 is 0.861 bits per heavy atom. The van der Waals surface area contributed by atoms with Crippen LogP contribution in [-0.4, -0.2) is 33.4 Å². The summed E-state index contributed by atoms with van der Waals surface area (Å²) in [6.07, 6.45) is 12.0. The fraction of sp³-hybridized carbons (Fsp3) is 0.400. The third kappa shape index (κ3) is 4.70. The molecule has 36 heavy (non-hydrogen) atoms. The molecule has 4 N–H and O–H groups in total. The van der Waals surface area contributed by atoms with Crippen LogP contribution in [0.5, 0.6) is 0 Å². The van der Waals surface area contributed by atoms with Gasteiger partial charge in [-0.3, -0.25) is 9.20 Å². The van der Waals surface area contributed by atoms with Crippen LogP contribution < -0.4 is 16.4 Å². The van der Waals surface area contributed by atoms with Gasteiger partial charge in [0.2, 0.25) is 0 Å². The van der Waals surface area contributed by atoms with Gasteiger partial charge in [-0.05, 0) is 67.5 Å². The average Bonchev–Trinajstić information content (AvgIpc) is 3.27. The van der Waals surface area contributed by atoms with Gasteiger partial charge in [0.05, 0.1) is 0 Å². The predicted molar refractivity (Wildman–Crippen MR) is 146 cm³/mol. The van der Waals surface area contributed by atoms with Crippen LogP contribution in [-0.2, 0) is 0 Å². The molecule has 6 heteroatoms. The van der Waals surface area contributed by atoms with Crippen molar-refractivity contribution in [2.24, 2.45) is 5.73 Å². The van der Waals surface area contributed by atoms with Gasteiger partial charge in [0.15, 0.2) is 0 Å². The van der Waals surface area contributed by atoms with Gasteiger partial charge in [0.1, 0.15) is 17.2 Å². The highest BCUT2D eigenvalue weighted by Crippen LogP contribution is 2.33. The Kier molecular flexibility index (Phi) is 6.36. The molecule has 4 aromatic rings. The van der Waals surface area contributed by atoms with E-state index in [9.17, 15) is 4.79 Å². The van der Waals surface area contributed by atoms with Gasteiger partial charge in [-0.1, -0.05) is 55.7 Å². The van der Waals surface area contributed by atoms with E-state index in [1.54, 1.807) is 0 Å². The predicted octanol–water partition coefficient (Wildman–Crippen LogP) is 5.90. The molecule has 2 saturated carbocycles. The SMILES string of the molecule is NC1CCC(NC(=O)c2ccn3c(NC4CCCCC4)c(-c4ccc5ccccc5c4)nc3c2)CC1. The van der Waals surface area contributed by atoms with Gasteiger partial charge in [0, 0.05) is 35.4 Å². The number of fused-ring (bicyclic) bond motifs is 2. The summed E-state index contributed by atoms with van der Waals surface area (Å²) in [7, 11) is 0.